The van der Waals surface area contributed by atoms with Gasteiger partial charge in [0.05, 0.1) is 17.0 Å². The molecule has 1 aliphatic rings. The molecular weight excluding hydrogens is 311 g/mol. The average molecular weight is 327 g/mol. The van der Waals surface area contributed by atoms with Crippen molar-refractivity contribution in [3.05, 3.63) is 29.3 Å². The highest BCUT2D eigenvalue weighted by Gasteiger charge is 2.27. The summed E-state index contributed by atoms with van der Waals surface area (Å²) in [5.41, 5.74) is 0. The van der Waals surface area contributed by atoms with E-state index in [0.717, 1.165) is 0 Å². The molecule has 0 radical (unpaired) electrons. The van der Waals surface area contributed by atoms with Crippen molar-refractivity contribution in [1.82, 2.24) is 10.0 Å². The molecule has 1 aromatic rings. The number of piperidine rings is 1. The van der Waals surface area contributed by atoms with Crippen molar-refractivity contribution in [2.75, 3.05) is 13.1 Å². The lowest BCUT2D eigenvalue weighted by molar-refractivity contribution is 0.113. The molecule has 1 fully saturated rings. The van der Waals surface area contributed by atoms with Crippen LogP contribution in [0.2, 0.25) is 5.02 Å². The van der Waals surface area contributed by atoms with Crippen LogP contribution in [0.5, 0.6) is 0 Å². The second-order valence-corrected chi connectivity index (χ2v) is 6.40. The largest absolute Gasteiger partial charge is 0.390 e. The van der Waals surface area contributed by atoms with Gasteiger partial charge in [-0.15, -0.1) is 12.4 Å². The van der Waals surface area contributed by atoms with Crippen LogP contribution in [0.25, 0.3) is 0 Å². The molecule has 1 heterocycles. The fraction of sp³-hybridized carbons (Fsp3) is 0.455. The molecule has 2 atom stereocenters. The van der Waals surface area contributed by atoms with Gasteiger partial charge in [0.1, 0.15) is 0 Å². The van der Waals surface area contributed by atoms with Crippen molar-refractivity contribution < 1.29 is 13.5 Å². The maximum Gasteiger partial charge on any atom is 0.240 e. The molecule has 0 aliphatic carbocycles. The number of hydrogen-bond acceptors (Lipinski definition) is 4. The minimum absolute atomic E-state index is 0. The Morgan fingerprint density at radius 1 is 1.42 bits per heavy atom. The molecule has 8 heteroatoms. The molecule has 108 valence electrons. The minimum atomic E-state index is -3.64. The summed E-state index contributed by atoms with van der Waals surface area (Å²) in [6.07, 6.45) is -0.159. The number of aliphatic hydroxyl groups is 1. The number of β-amino-alcohol motifs (C(OH)–C–C–N with tert-alkyl or cyclic N) is 1. The van der Waals surface area contributed by atoms with E-state index in [1.54, 1.807) is 12.1 Å². The van der Waals surface area contributed by atoms with Gasteiger partial charge < -0.3 is 10.4 Å². The zero-order valence-electron chi connectivity index (χ0n) is 10.0. The van der Waals surface area contributed by atoms with Gasteiger partial charge in [0.2, 0.25) is 10.0 Å². The Labute approximate surface area is 123 Å². The smallest absolute Gasteiger partial charge is 0.240 e. The van der Waals surface area contributed by atoms with Crippen molar-refractivity contribution in [3.63, 3.8) is 0 Å². The predicted molar refractivity (Wildman–Crippen MR) is 76.3 cm³/mol. The molecule has 1 saturated heterocycles. The topological polar surface area (TPSA) is 78.4 Å². The molecule has 0 bridgehead atoms. The summed E-state index contributed by atoms with van der Waals surface area (Å²) in [6.45, 7) is 1.07. The average Bonchev–Trinajstić information content (AvgIpc) is 2.32. The quantitative estimate of drug-likeness (QED) is 0.766. The van der Waals surface area contributed by atoms with Gasteiger partial charge >= 0.3 is 0 Å². The van der Waals surface area contributed by atoms with E-state index in [-0.39, 0.29) is 17.3 Å². The van der Waals surface area contributed by atoms with Crippen LogP contribution in [0.15, 0.2) is 29.2 Å². The molecule has 19 heavy (non-hydrogen) atoms. The van der Waals surface area contributed by atoms with Gasteiger partial charge in [0.15, 0.2) is 0 Å². The summed E-state index contributed by atoms with van der Waals surface area (Å²) in [7, 11) is -3.64. The third kappa shape index (κ3) is 4.30. The van der Waals surface area contributed by atoms with Crippen LogP contribution >= 0.6 is 24.0 Å². The molecular formula is C11H16Cl2N2O3S. The summed E-state index contributed by atoms with van der Waals surface area (Å²) in [5, 5.41) is 13.1. The zero-order valence-corrected chi connectivity index (χ0v) is 12.4. The van der Waals surface area contributed by atoms with Crippen molar-refractivity contribution in [2.24, 2.45) is 0 Å². The monoisotopic (exact) mass is 326 g/mol. The van der Waals surface area contributed by atoms with E-state index in [1.165, 1.54) is 12.1 Å². The van der Waals surface area contributed by atoms with Crippen LogP contribution in [0, 0.1) is 0 Å². The van der Waals surface area contributed by atoms with Gasteiger partial charge in [-0.1, -0.05) is 17.7 Å². The maximum atomic E-state index is 12.1. The van der Waals surface area contributed by atoms with E-state index >= 15 is 0 Å². The highest BCUT2D eigenvalue weighted by Crippen LogP contribution is 2.16. The molecule has 5 nitrogen and oxygen atoms in total. The Kier molecular flexibility index (Phi) is 6.04. The van der Waals surface area contributed by atoms with Crippen LogP contribution in [-0.4, -0.2) is 38.8 Å². The highest BCUT2D eigenvalue weighted by atomic mass is 35.5. The first-order chi connectivity index (χ1) is 8.49. The fourth-order valence-corrected chi connectivity index (χ4v) is 3.49. The first kappa shape index (κ1) is 16.7. The summed E-state index contributed by atoms with van der Waals surface area (Å²) < 4.78 is 26.7. The number of rotatable bonds is 3. The number of benzene rings is 1. The summed E-state index contributed by atoms with van der Waals surface area (Å²) in [4.78, 5) is 0.112. The standard InChI is InChI=1S/C11H15ClN2O3S.ClH/c12-8-2-1-3-9(6-8)18(16,17)14-10-4-5-13-7-11(10)15;/h1-3,6,10-11,13-15H,4-5,7H2;1H/t10-,11-;/m1./s1. The van der Waals surface area contributed by atoms with Crippen LogP contribution in [-0.2, 0) is 10.0 Å². The van der Waals surface area contributed by atoms with Crippen molar-refractivity contribution in [3.8, 4) is 0 Å². The second kappa shape index (κ2) is 6.88. The maximum absolute atomic E-state index is 12.1. The Bertz CT molecular complexity index is 524. The van der Waals surface area contributed by atoms with Crippen molar-refractivity contribution in [1.29, 1.82) is 0 Å². The number of aliphatic hydroxyl groups excluding tert-OH is 1. The molecule has 1 aliphatic heterocycles. The van der Waals surface area contributed by atoms with E-state index in [0.29, 0.717) is 24.5 Å². The lowest BCUT2D eigenvalue weighted by atomic mass is 10.1. The molecule has 0 spiro atoms. The Hall–Kier alpha value is -0.370. The number of nitrogens with one attached hydrogen (secondary N) is 2. The molecule has 0 saturated carbocycles. The van der Waals surface area contributed by atoms with Gasteiger partial charge in [-0.3, -0.25) is 0 Å². The minimum Gasteiger partial charge on any atom is -0.390 e. The number of sulfonamides is 1. The Balaban J connectivity index is 0.00000180. The van der Waals surface area contributed by atoms with Gasteiger partial charge in [0, 0.05) is 11.6 Å². The summed E-state index contributed by atoms with van der Waals surface area (Å²) >= 11 is 5.77. The third-order valence-electron chi connectivity index (χ3n) is 2.86. The lowest BCUT2D eigenvalue weighted by Crippen LogP contribution is -2.52. The molecule has 2 rings (SSSR count). The highest BCUT2D eigenvalue weighted by molar-refractivity contribution is 7.89. The fourth-order valence-electron chi connectivity index (χ4n) is 1.88. The van der Waals surface area contributed by atoms with Crippen LogP contribution < -0.4 is 10.0 Å². The van der Waals surface area contributed by atoms with Gasteiger partial charge in [0.25, 0.3) is 0 Å². The third-order valence-corrected chi connectivity index (χ3v) is 4.59. The normalized spacial score (nSPS) is 23.7. The molecule has 0 aromatic heterocycles. The molecule has 1 aromatic carbocycles. The van der Waals surface area contributed by atoms with Gasteiger partial charge in [-0.25, -0.2) is 13.1 Å². The Morgan fingerprint density at radius 2 is 2.16 bits per heavy atom. The summed E-state index contributed by atoms with van der Waals surface area (Å²) in [5.74, 6) is 0. The van der Waals surface area contributed by atoms with E-state index in [4.69, 9.17) is 11.6 Å². The number of halogens is 2. The van der Waals surface area contributed by atoms with Crippen LogP contribution in [0.1, 0.15) is 6.42 Å². The summed E-state index contributed by atoms with van der Waals surface area (Å²) in [6, 6.07) is 5.59. The van der Waals surface area contributed by atoms with Gasteiger partial charge in [-0.2, -0.15) is 0 Å². The second-order valence-electron chi connectivity index (χ2n) is 4.25. The zero-order chi connectivity index (χ0) is 13.2. The first-order valence-electron chi connectivity index (χ1n) is 5.66. The predicted octanol–water partition coefficient (Wildman–Crippen LogP) is 0.763. The first-order valence-corrected chi connectivity index (χ1v) is 7.52. The van der Waals surface area contributed by atoms with E-state index in [1.807, 2.05) is 0 Å². The van der Waals surface area contributed by atoms with E-state index < -0.39 is 22.2 Å². The van der Waals surface area contributed by atoms with Crippen LogP contribution in [0.4, 0.5) is 0 Å². The van der Waals surface area contributed by atoms with E-state index in [2.05, 4.69) is 10.0 Å². The van der Waals surface area contributed by atoms with Gasteiger partial charge in [-0.05, 0) is 31.2 Å². The van der Waals surface area contributed by atoms with Crippen LogP contribution in [0.3, 0.4) is 0 Å². The molecule has 3 N–H and O–H groups in total. The number of hydrogen-bond donors (Lipinski definition) is 3. The molecule has 0 amide bonds. The Morgan fingerprint density at radius 3 is 2.79 bits per heavy atom. The van der Waals surface area contributed by atoms with Crippen molar-refractivity contribution >= 4 is 34.0 Å². The lowest BCUT2D eigenvalue weighted by Gasteiger charge is -2.28. The molecule has 0 unspecified atom stereocenters. The SMILES string of the molecule is Cl.O=S(=O)(N[C@@H]1CCNC[C@H]1O)c1cccc(Cl)c1. The van der Waals surface area contributed by atoms with Crippen molar-refractivity contribution in [2.45, 2.75) is 23.5 Å². The van der Waals surface area contributed by atoms with E-state index in [9.17, 15) is 13.5 Å².